The molecule has 7 aromatic rings. The Labute approximate surface area is 342 Å². The molecule has 9 rings (SSSR count). The van der Waals surface area contributed by atoms with Crippen molar-refractivity contribution < 1.29 is 25.8 Å². The minimum absolute atomic E-state index is 0. The Balaban J connectivity index is 0.00000413. The molecule has 0 saturated carbocycles. The third kappa shape index (κ3) is 6.73. The molecule has 1 aromatic heterocycles. The van der Waals surface area contributed by atoms with Crippen molar-refractivity contribution in [3.05, 3.63) is 176 Å². The van der Waals surface area contributed by atoms with E-state index in [2.05, 4.69) is 176 Å². The van der Waals surface area contributed by atoms with Crippen LogP contribution in [0.1, 0.15) is 31.9 Å². The summed E-state index contributed by atoms with van der Waals surface area (Å²) in [4.78, 5) is 11.8. The van der Waals surface area contributed by atoms with E-state index in [1.54, 1.807) is 0 Å². The monoisotopic (exact) mass is 998 g/mol. The van der Waals surface area contributed by atoms with Gasteiger partial charge in [-0.1, -0.05) is 45.0 Å². The van der Waals surface area contributed by atoms with Crippen LogP contribution in [0, 0.1) is 25.7 Å². The van der Waals surface area contributed by atoms with Crippen LogP contribution in [0.15, 0.2) is 146 Å². The van der Waals surface area contributed by atoms with Gasteiger partial charge in [-0.2, -0.15) is 0 Å². The average molecular weight is 997 g/mol. The van der Waals surface area contributed by atoms with Crippen molar-refractivity contribution in [2.45, 2.75) is 33.1 Å². The van der Waals surface area contributed by atoms with Crippen LogP contribution in [-0.4, -0.2) is 25.9 Å². The molecule has 2 aliphatic rings. The topological polar surface area (TPSA) is 31.8 Å². The van der Waals surface area contributed by atoms with E-state index in [0.29, 0.717) is 11.5 Å². The second-order valence-electron chi connectivity index (χ2n) is 14.3. The number of pyridine rings is 1. The van der Waals surface area contributed by atoms with Crippen molar-refractivity contribution in [3.8, 4) is 22.6 Å². The predicted octanol–water partition coefficient (Wildman–Crippen LogP) is 10.6. The van der Waals surface area contributed by atoms with E-state index in [4.69, 9.17) is 9.72 Å². The molecule has 0 bridgehead atoms. The van der Waals surface area contributed by atoms with Gasteiger partial charge >= 0.3 is 262 Å². The number of aryl methyl sites for hydroxylation is 1. The molecule has 54 heavy (non-hydrogen) atoms. The maximum atomic E-state index is 6.58. The first-order valence-corrected chi connectivity index (χ1v) is 20.1. The summed E-state index contributed by atoms with van der Waals surface area (Å²) in [6, 6.07) is 56.0. The van der Waals surface area contributed by atoms with E-state index in [1.807, 2.05) is 30.5 Å². The quantitative estimate of drug-likeness (QED) is 0.122. The van der Waals surface area contributed by atoms with Gasteiger partial charge in [0, 0.05) is 21.1 Å². The molecule has 0 fully saturated rings. The number of para-hydroxylation sites is 4. The van der Waals surface area contributed by atoms with Crippen molar-refractivity contribution in [2.24, 2.45) is 0 Å². The van der Waals surface area contributed by atoms with E-state index in [-0.39, 0.29) is 26.5 Å². The third-order valence-corrected chi connectivity index (χ3v) is 12.8. The summed E-state index contributed by atoms with van der Waals surface area (Å²) in [5, 5.41) is 0. The van der Waals surface area contributed by atoms with Crippen LogP contribution in [-0.2, 0) is 26.5 Å². The molecule has 2 aliphatic heterocycles. The molecule has 0 unspecified atom stereocenters. The van der Waals surface area contributed by atoms with E-state index in [1.165, 1.54) is 24.0 Å². The van der Waals surface area contributed by atoms with Gasteiger partial charge in [-0.05, 0) is 17.0 Å². The molecule has 0 radical (unpaired) electrons. The van der Waals surface area contributed by atoms with E-state index >= 15 is 0 Å². The summed E-state index contributed by atoms with van der Waals surface area (Å²) in [5.41, 5.74) is 11.1. The van der Waals surface area contributed by atoms with E-state index in [0.717, 1.165) is 45.4 Å². The summed E-state index contributed by atoms with van der Waals surface area (Å²) in [6.07, 6.45) is 1.99. The smallest absolute Gasteiger partial charge is 0 e. The summed E-state index contributed by atoms with van der Waals surface area (Å²) >= 11 is -0.642. The number of hydrogen-bond acceptors (Lipinski definition) is 5. The van der Waals surface area contributed by atoms with Crippen LogP contribution in [0.3, 0.4) is 0 Å². The number of aromatic nitrogens is 1. The number of rotatable bonds is 6. The second kappa shape index (κ2) is 14.8. The molecule has 0 amide bonds. The summed E-state index contributed by atoms with van der Waals surface area (Å²) in [5.74, 6) is 2.13. The Hall–Kier alpha value is -4.85. The number of ether oxygens (including phenoxy) is 1. The zero-order valence-corrected chi connectivity index (χ0v) is 35.0. The number of nitrogens with zero attached hydrogens (tertiary/aromatic N) is 4. The SMILES string of the molecule is Cc1cc(N2c3[c-]c(Oc4[c-]c(N5[CH-]N(c6ccccc6C(C)(C)C)c6ccccc65)ccc4)ccc3[Te]c3ccccc32)ncc1-c1ccccc1.[Pt]. The van der Waals surface area contributed by atoms with Gasteiger partial charge in [0.25, 0.3) is 0 Å². The zero-order valence-electron chi connectivity index (χ0n) is 30.4. The predicted molar refractivity (Wildman–Crippen MR) is 218 cm³/mol. The Morgan fingerprint density at radius 1 is 0.648 bits per heavy atom. The minimum Gasteiger partial charge on any atom is 0 e. The van der Waals surface area contributed by atoms with Crippen LogP contribution in [0.2, 0.25) is 0 Å². The van der Waals surface area contributed by atoms with Crippen molar-refractivity contribution in [2.75, 3.05) is 14.7 Å². The van der Waals surface area contributed by atoms with Crippen molar-refractivity contribution >= 4 is 68.1 Å². The number of benzene rings is 6. The summed E-state index contributed by atoms with van der Waals surface area (Å²) < 4.78 is 9.26. The van der Waals surface area contributed by atoms with Crippen LogP contribution in [0.5, 0.6) is 11.5 Å². The standard InChI is InChI=1S/C47H37N4OTe.Pt/c1-32-27-46(48-30-37(32)33-15-6-5-7-16-33)51-42-23-12-13-24-44(42)53-45-26-25-36(29-43(45)51)52-35-18-14-17-34(28-35)49-31-50(41-22-11-10-21-40(41)49)39-20-9-8-19-38(39)47(2,3)4;/h5-27,30-31H,1-4H3;/q-3;. The van der Waals surface area contributed by atoms with E-state index < -0.39 is 20.9 Å². The molecule has 0 spiro atoms. The number of hydrogen-bond donors (Lipinski definition) is 0. The van der Waals surface area contributed by atoms with Crippen LogP contribution < -0.4 is 26.7 Å². The van der Waals surface area contributed by atoms with Crippen molar-refractivity contribution in [1.29, 1.82) is 0 Å². The molecule has 6 aromatic carbocycles. The van der Waals surface area contributed by atoms with Crippen molar-refractivity contribution in [3.63, 3.8) is 0 Å². The van der Waals surface area contributed by atoms with Gasteiger partial charge in [-0.3, -0.25) is 0 Å². The van der Waals surface area contributed by atoms with Crippen LogP contribution in [0.25, 0.3) is 11.1 Å². The Kier molecular flexibility index (Phi) is 9.88. The van der Waals surface area contributed by atoms with Crippen LogP contribution in [0.4, 0.5) is 39.9 Å². The van der Waals surface area contributed by atoms with Crippen molar-refractivity contribution in [1.82, 2.24) is 4.98 Å². The van der Waals surface area contributed by atoms with Gasteiger partial charge in [0.2, 0.25) is 0 Å². The normalized spacial score (nSPS) is 13.1. The van der Waals surface area contributed by atoms with E-state index in [9.17, 15) is 0 Å². The largest absolute Gasteiger partial charge is 0 e. The first-order chi connectivity index (χ1) is 25.8. The fraction of sp³-hybridized carbons (Fsp3) is 0.106. The fourth-order valence-corrected chi connectivity index (χ4v) is 10.0. The molecule has 5 nitrogen and oxygen atoms in total. The molecule has 0 saturated heterocycles. The third-order valence-electron chi connectivity index (χ3n) is 9.66. The second-order valence-corrected chi connectivity index (χ2v) is 17.4. The van der Waals surface area contributed by atoms with Gasteiger partial charge in [0.1, 0.15) is 0 Å². The van der Waals surface area contributed by atoms with Gasteiger partial charge in [0.15, 0.2) is 0 Å². The Morgan fingerprint density at radius 3 is 2.07 bits per heavy atom. The fourth-order valence-electron chi connectivity index (χ4n) is 7.11. The molecular weight excluding hydrogens is 959 g/mol. The molecule has 7 heteroatoms. The summed E-state index contributed by atoms with van der Waals surface area (Å²) in [6.45, 7) is 11.1. The van der Waals surface area contributed by atoms with Gasteiger partial charge < -0.3 is 0 Å². The van der Waals surface area contributed by atoms with Crippen LogP contribution >= 0.6 is 0 Å². The first kappa shape index (κ1) is 36.1. The maximum absolute atomic E-state index is 6.58. The first-order valence-electron chi connectivity index (χ1n) is 17.8. The molecule has 3 heterocycles. The molecule has 0 atom stereocenters. The molecular formula is C47H37N4OPtTe-3. The molecule has 270 valence electrons. The van der Waals surface area contributed by atoms with Gasteiger partial charge in [-0.15, -0.1) is 0 Å². The molecule has 0 aliphatic carbocycles. The van der Waals surface area contributed by atoms with Gasteiger partial charge in [-0.25, -0.2) is 0 Å². The maximum Gasteiger partial charge on any atom is 0 e. The molecule has 0 N–H and O–H groups in total. The summed E-state index contributed by atoms with van der Waals surface area (Å²) in [7, 11) is 0. The number of fused-ring (bicyclic) bond motifs is 3. The number of anilines is 7. The minimum atomic E-state index is -0.642. The van der Waals surface area contributed by atoms with Gasteiger partial charge in [0.05, 0.1) is 0 Å². The Morgan fingerprint density at radius 2 is 1.31 bits per heavy atom. The average Bonchev–Trinajstić information content (AvgIpc) is 3.57. The zero-order chi connectivity index (χ0) is 36.1. The Bertz CT molecular complexity index is 2480.